The van der Waals surface area contributed by atoms with Gasteiger partial charge in [-0.3, -0.25) is 0 Å². The van der Waals surface area contributed by atoms with Crippen molar-refractivity contribution in [2.24, 2.45) is 0 Å². The Kier molecular flexibility index (Phi) is 3.98. The van der Waals surface area contributed by atoms with E-state index in [1.54, 1.807) is 0 Å². The number of fused-ring (bicyclic) bond motifs is 1. The second-order valence-electron chi connectivity index (χ2n) is 7.09. The van der Waals surface area contributed by atoms with Crippen molar-refractivity contribution >= 4 is 0 Å². The Morgan fingerprint density at radius 3 is 2.62 bits per heavy atom. The summed E-state index contributed by atoms with van der Waals surface area (Å²) in [5.74, 6) is 1.65. The first-order chi connectivity index (χ1) is 10.0. The molecule has 1 fully saturated rings. The Morgan fingerprint density at radius 2 is 2.00 bits per heavy atom. The normalized spacial score (nSPS) is 24.9. The number of nitrogens with one attached hydrogen (secondary N) is 1. The fourth-order valence-corrected chi connectivity index (χ4v) is 3.64. The molecule has 2 heterocycles. The predicted octanol–water partition coefficient (Wildman–Crippen LogP) is 3.32. The van der Waals surface area contributed by atoms with Gasteiger partial charge in [-0.2, -0.15) is 0 Å². The molecule has 2 aliphatic heterocycles. The van der Waals surface area contributed by atoms with E-state index < -0.39 is 0 Å². The van der Waals surface area contributed by atoms with Gasteiger partial charge < -0.3 is 15.0 Å². The lowest BCUT2D eigenvalue weighted by atomic mass is 9.80. The summed E-state index contributed by atoms with van der Waals surface area (Å²) < 4.78 is 6.51. The summed E-state index contributed by atoms with van der Waals surface area (Å²) in [5, 5.41) is 3.52. The molecule has 3 heteroatoms. The highest BCUT2D eigenvalue weighted by Crippen LogP contribution is 2.44. The van der Waals surface area contributed by atoms with Gasteiger partial charge in [-0.05, 0) is 44.5 Å². The van der Waals surface area contributed by atoms with Crippen molar-refractivity contribution in [3.63, 3.8) is 0 Å². The van der Waals surface area contributed by atoms with Crippen LogP contribution in [0.2, 0.25) is 0 Å². The molecule has 0 bridgehead atoms. The number of rotatable bonds is 2. The van der Waals surface area contributed by atoms with Crippen molar-refractivity contribution < 1.29 is 4.74 Å². The molecule has 2 aliphatic rings. The van der Waals surface area contributed by atoms with Crippen LogP contribution in [0.15, 0.2) is 18.2 Å². The van der Waals surface area contributed by atoms with Gasteiger partial charge in [0.25, 0.3) is 0 Å². The third-order valence-corrected chi connectivity index (χ3v) is 5.23. The molecule has 1 aromatic rings. The number of hydrogen-bond acceptors (Lipinski definition) is 3. The molecular weight excluding hydrogens is 260 g/mol. The minimum absolute atomic E-state index is 0.0343. The summed E-state index contributed by atoms with van der Waals surface area (Å²) in [4.78, 5) is 2.40. The van der Waals surface area contributed by atoms with Crippen molar-refractivity contribution in [1.82, 2.24) is 10.2 Å². The average Bonchev–Trinajstić information content (AvgIpc) is 2.49. The third-order valence-electron chi connectivity index (χ3n) is 5.23. The number of nitrogens with zero attached hydrogens (tertiary/aromatic N) is 1. The summed E-state index contributed by atoms with van der Waals surface area (Å²) in [6.45, 7) is 6.77. The molecule has 3 nitrogen and oxygen atoms in total. The molecule has 21 heavy (non-hydrogen) atoms. The topological polar surface area (TPSA) is 24.5 Å². The molecule has 1 unspecified atom stereocenters. The fraction of sp³-hybridized carbons (Fsp3) is 0.667. The van der Waals surface area contributed by atoms with Crippen molar-refractivity contribution in [3.8, 4) is 5.75 Å². The van der Waals surface area contributed by atoms with Gasteiger partial charge in [-0.25, -0.2) is 0 Å². The molecule has 3 rings (SSSR count). The molecule has 0 radical (unpaired) electrons. The number of hydrogen-bond donors (Lipinski definition) is 1. The van der Waals surface area contributed by atoms with Gasteiger partial charge in [-0.15, -0.1) is 0 Å². The van der Waals surface area contributed by atoms with Crippen LogP contribution in [-0.2, 0) is 0 Å². The summed E-state index contributed by atoms with van der Waals surface area (Å²) in [6.07, 6.45) is 3.35. The van der Waals surface area contributed by atoms with Crippen LogP contribution in [0.25, 0.3) is 0 Å². The van der Waals surface area contributed by atoms with Crippen molar-refractivity contribution in [1.29, 1.82) is 0 Å². The second kappa shape index (κ2) is 5.62. The summed E-state index contributed by atoms with van der Waals surface area (Å²) in [6, 6.07) is 7.16. The summed E-state index contributed by atoms with van der Waals surface area (Å²) in [7, 11) is 4.28. The maximum absolute atomic E-state index is 6.51. The number of ether oxygens (including phenoxy) is 1. The summed E-state index contributed by atoms with van der Waals surface area (Å²) >= 11 is 0. The van der Waals surface area contributed by atoms with Gasteiger partial charge >= 0.3 is 0 Å². The minimum atomic E-state index is 0.0343. The molecule has 1 aromatic carbocycles. The van der Waals surface area contributed by atoms with Crippen LogP contribution in [0, 0.1) is 0 Å². The first-order valence-electron chi connectivity index (χ1n) is 8.22. The molecule has 1 atom stereocenters. The monoisotopic (exact) mass is 288 g/mol. The second-order valence-corrected chi connectivity index (χ2v) is 7.09. The molecule has 0 aromatic heterocycles. The smallest absolute Gasteiger partial charge is 0.124 e. The van der Waals surface area contributed by atoms with Crippen LogP contribution in [-0.4, -0.2) is 37.7 Å². The molecule has 1 spiro atoms. The van der Waals surface area contributed by atoms with Crippen molar-refractivity contribution in [2.45, 2.75) is 50.7 Å². The Balaban J connectivity index is 1.91. The number of likely N-dealkylation sites (tertiary alicyclic amines) is 1. The lowest BCUT2D eigenvalue weighted by Crippen LogP contribution is -2.50. The molecule has 0 saturated carbocycles. The van der Waals surface area contributed by atoms with Crippen LogP contribution in [0.4, 0.5) is 0 Å². The quantitative estimate of drug-likeness (QED) is 0.903. The Morgan fingerprint density at radius 1 is 1.29 bits per heavy atom. The maximum atomic E-state index is 6.51. The first kappa shape index (κ1) is 14.9. The zero-order valence-electron chi connectivity index (χ0n) is 13.8. The highest BCUT2D eigenvalue weighted by molar-refractivity contribution is 5.43. The van der Waals surface area contributed by atoms with Crippen LogP contribution >= 0.6 is 0 Å². The van der Waals surface area contributed by atoms with E-state index in [-0.39, 0.29) is 5.60 Å². The molecule has 0 aliphatic carbocycles. The van der Waals surface area contributed by atoms with E-state index in [0.29, 0.717) is 12.0 Å². The van der Waals surface area contributed by atoms with Gasteiger partial charge in [0.15, 0.2) is 0 Å². The zero-order chi connectivity index (χ0) is 15.0. The number of benzene rings is 1. The van der Waals surface area contributed by atoms with Gasteiger partial charge in [-0.1, -0.05) is 26.0 Å². The molecular formula is C18H28N2O. The lowest BCUT2D eigenvalue weighted by molar-refractivity contribution is -0.0195. The molecule has 116 valence electrons. The van der Waals surface area contributed by atoms with Crippen LogP contribution < -0.4 is 10.1 Å². The Labute approximate surface area is 128 Å². The fourth-order valence-electron chi connectivity index (χ4n) is 3.64. The third kappa shape index (κ3) is 2.82. The maximum Gasteiger partial charge on any atom is 0.124 e. The van der Waals surface area contributed by atoms with E-state index in [4.69, 9.17) is 4.74 Å². The molecule has 1 N–H and O–H groups in total. The van der Waals surface area contributed by atoms with Gasteiger partial charge in [0.05, 0.1) is 0 Å². The van der Waals surface area contributed by atoms with E-state index in [0.717, 1.165) is 38.1 Å². The Hall–Kier alpha value is -1.06. The average molecular weight is 288 g/mol. The number of piperidine rings is 1. The largest absolute Gasteiger partial charge is 0.487 e. The highest BCUT2D eigenvalue weighted by atomic mass is 16.5. The van der Waals surface area contributed by atoms with Crippen LogP contribution in [0.1, 0.15) is 56.2 Å². The minimum Gasteiger partial charge on any atom is -0.487 e. The van der Waals surface area contributed by atoms with Gasteiger partial charge in [0, 0.05) is 31.1 Å². The zero-order valence-corrected chi connectivity index (χ0v) is 13.8. The van der Waals surface area contributed by atoms with Crippen molar-refractivity contribution in [2.75, 3.05) is 27.2 Å². The van der Waals surface area contributed by atoms with E-state index in [9.17, 15) is 0 Å². The first-order valence-corrected chi connectivity index (χ1v) is 8.22. The van der Waals surface area contributed by atoms with E-state index in [1.165, 1.54) is 11.1 Å². The SMILES string of the molecule is CNC1CC2(CCN(C)CC2)Oc2ccc(C(C)C)cc21. The van der Waals surface area contributed by atoms with Crippen molar-refractivity contribution in [3.05, 3.63) is 29.3 Å². The van der Waals surface area contributed by atoms with Gasteiger partial charge in [0.2, 0.25) is 0 Å². The molecule has 1 saturated heterocycles. The predicted molar refractivity (Wildman–Crippen MR) is 87.0 cm³/mol. The van der Waals surface area contributed by atoms with E-state index in [2.05, 4.69) is 56.4 Å². The summed E-state index contributed by atoms with van der Waals surface area (Å²) in [5.41, 5.74) is 2.78. The molecule has 0 amide bonds. The van der Waals surface area contributed by atoms with E-state index in [1.807, 2.05) is 0 Å². The van der Waals surface area contributed by atoms with Crippen LogP contribution in [0.5, 0.6) is 5.75 Å². The van der Waals surface area contributed by atoms with Crippen LogP contribution in [0.3, 0.4) is 0 Å². The standard InChI is InChI=1S/C18H28N2O/c1-13(2)14-5-6-17-15(11-14)16(19-3)12-18(21-17)7-9-20(4)10-8-18/h5-6,11,13,16,19H,7-10,12H2,1-4H3. The van der Waals surface area contributed by atoms with Gasteiger partial charge in [0.1, 0.15) is 11.4 Å². The lowest BCUT2D eigenvalue weighted by Gasteiger charge is -2.46. The van der Waals surface area contributed by atoms with E-state index >= 15 is 0 Å². The highest BCUT2D eigenvalue weighted by Gasteiger charge is 2.42. The Bertz CT molecular complexity index is 504.